The number of amides is 2. The van der Waals surface area contributed by atoms with Gasteiger partial charge in [-0.3, -0.25) is 9.59 Å². The van der Waals surface area contributed by atoms with E-state index in [0.29, 0.717) is 32.6 Å². The maximum atomic E-state index is 12.2. The number of piperazine rings is 1. The molecule has 1 fully saturated rings. The summed E-state index contributed by atoms with van der Waals surface area (Å²) in [6, 6.07) is 7.63. The summed E-state index contributed by atoms with van der Waals surface area (Å²) in [5, 5.41) is 0. The quantitative estimate of drug-likeness (QED) is 0.729. The normalized spacial score (nSPS) is 15.6. The van der Waals surface area contributed by atoms with Crippen molar-refractivity contribution in [3.63, 3.8) is 0 Å². The Morgan fingerprint density at radius 1 is 1.14 bits per heavy atom. The molecule has 2 rings (SSSR count). The minimum absolute atomic E-state index is 0.110. The van der Waals surface area contributed by atoms with E-state index in [1.54, 1.807) is 4.90 Å². The average Bonchev–Trinajstić information content (AvgIpc) is 2.66. The molecular weight excluding hydrogens is 374 g/mol. The Balaban J connectivity index is 2.06. The van der Waals surface area contributed by atoms with E-state index in [0.717, 1.165) is 11.3 Å². The molecular formula is C21H31N3O5. The number of nitrogens with two attached hydrogens (primary N) is 1. The van der Waals surface area contributed by atoms with Gasteiger partial charge in [0.25, 0.3) is 0 Å². The van der Waals surface area contributed by atoms with Crippen molar-refractivity contribution in [2.45, 2.75) is 45.1 Å². The van der Waals surface area contributed by atoms with Crippen LogP contribution in [0.1, 0.15) is 45.1 Å². The minimum Gasteiger partial charge on any atom is -0.469 e. The highest BCUT2D eigenvalue weighted by Gasteiger charge is 2.27. The molecule has 1 saturated heterocycles. The molecule has 0 saturated carbocycles. The van der Waals surface area contributed by atoms with Gasteiger partial charge in [-0.1, -0.05) is 12.1 Å². The summed E-state index contributed by atoms with van der Waals surface area (Å²) >= 11 is 0. The van der Waals surface area contributed by atoms with Crippen molar-refractivity contribution in [3.8, 4) is 0 Å². The molecule has 1 aromatic carbocycles. The van der Waals surface area contributed by atoms with Gasteiger partial charge in [-0.2, -0.15) is 0 Å². The highest BCUT2D eigenvalue weighted by molar-refractivity contribution is 5.80. The molecule has 0 radical (unpaired) electrons. The van der Waals surface area contributed by atoms with E-state index < -0.39 is 23.4 Å². The molecule has 8 nitrogen and oxygen atoms in total. The van der Waals surface area contributed by atoms with Crippen LogP contribution >= 0.6 is 0 Å². The number of esters is 1. The van der Waals surface area contributed by atoms with Crippen LogP contribution in [-0.4, -0.2) is 61.8 Å². The molecule has 2 N–H and O–H groups in total. The monoisotopic (exact) mass is 405 g/mol. The maximum absolute atomic E-state index is 12.2. The number of hydrogen-bond acceptors (Lipinski definition) is 6. The van der Waals surface area contributed by atoms with Gasteiger partial charge in [0.1, 0.15) is 5.60 Å². The lowest BCUT2D eigenvalue weighted by molar-refractivity contribution is -0.142. The summed E-state index contributed by atoms with van der Waals surface area (Å²) < 4.78 is 10.3. The Labute approximate surface area is 171 Å². The standard InChI is InChI=1S/C21H31N3O5/c1-21(2,3)29-20(27)24-12-10-23(11-13-24)16-7-5-6-15(14-16)17(19(26)28-4)8-9-18(22)25/h5-7,14,17H,8-13H2,1-4H3,(H2,22,25). The lowest BCUT2D eigenvalue weighted by Crippen LogP contribution is -2.50. The number of primary amides is 1. The van der Waals surface area contributed by atoms with Gasteiger partial charge in [-0.25, -0.2) is 4.79 Å². The Morgan fingerprint density at radius 2 is 1.79 bits per heavy atom. The van der Waals surface area contributed by atoms with Crippen LogP contribution in [0.25, 0.3) is 0 Å². The molecule has 1 aliphatic rings. The van der Waals surface area contributed by atoms with Gasteiger partial charge >= 0.3 is 12.1 Å². The Kier molecular flexibility index (Phi) is 7.47. The number of carbonyl (C=O) groups excluding carboxylic acids is 3. The molecule has 1 aromatic rings. The first-order valence-electron chi connectivity index (χ1n) is 9.79. The summed E-state index contributed by atoms with van der Waals surface area (Å²) in [5.74, 6) is -1.39. The number of ether oxygens (including phenoxy) is 2. The molecule has 1 heterocycles. The summed E-state index contributed by atoms with van der Waals surface area (Å²) in [6.45, 7) is 7.98. The number of hydrogen-bond donors (Lipinski definition) is 1. The number of anilines is 1. The van der Waals surface area contributed by atoms with Gasteiger partial charge in [-0.05, 0) is 44.9 Å². The minimum atomic E-state index is -0.546. The number of methoxy groups -OCH3 is 1. The van der Waals surface area contributed by atoms with E-state index in [-0.39, 0.29) is 12.5 Å². The molecule has 160 valence electrons. The van der Waals surface area contributed by atoms with Gasteiger partial charge < -0.3 is 25.0 Å². The van der Waals surface area contributed by atoms with Crippen molar-refractivity contribution in [1.29, 1.82) is 0 Å². The molecule has 2 amide bonds. The van der Waals surface area contributed by atoms with Crippen LogP contribution in [0.3, 0.4) is 0 Å². The van der Waals surface area contributed by atoms with Crippen molar-refractivity contribution in [3.05, 3.63) is 29.8 Å². The van der Waals surface area contributed by atoms with Crippen molar-refractivity contribution in [1.82, 2.24) is 4.90 Å². The summed E-state index contributed by atoms with van der Waals surface area (Å²) in [5.41, 5.74) is 6.46. The van der Waals surface area contributed by atoms with E-state index in [2.05, 4.69) is 4.90 Å². The summed E-state index contributed by atoms with van der Waals surface area (Å²) in [6.07, 6.45) is 0.110. The van der Waals surface area contributed by atoms with Crippen LogP contribution in [-0.2, 0) is 19.1 Å². The topological polar surface area (TPSA) is 102 Å². The van der Waals surface area contributed by atoms with E-state index in [1.807, 2.05) is 45.0 Å². The number of nitrogens with zero attached hydrogens (tertiary/aromatic N) is 2. The molecule has 29 heavy (non-hydrogen) atoms. The average molecular weight is 405 g/mol. The molecule has 1 unspecified atom stereocenters. The van der Waals surface area contributed by atoms with Gasteiger partial charge in [0.05, 0.1) is 13.0 Å². The Hall–Kier alpha value is -2.77. The molecule has 1 atom stereocenters. The van der Waals surface area contributed by atoms with Crippen LogP contribution in [0, 0.1) is 0 Å². The summed E-state index contributed by atoms with van der Waals surface area (Å²) in [7, 11) is 1.33. The Morgan fingerprint density at radius 3 is 2.34 bits per heavy atom. The van der Waals surface area contributed by atoms with Crippen LogP contribution in [0.2, 0.25) is 0 Å². The zero-order valence-electron chi connectivity index (χ0n) is 17.6. The fraction of sp³-hybridized carbons (Fsp3) is 0.571. The van der Waals surface area contributed by atoms with E-state index in [1.165, 1.54) is 7.11 Å². The predicted molar refractivity (Wildman–Crippen MR) is 110 cm³/mol. The second-order valence-electron chi connectivity index (χ2n) is 8.13. The largest absolute Gasteiger partial charge is 0.469 e. The van der Waals surface area contributed by atoms with Crippen molar-refractivity contribution < 1.29 is 23.9 Å². The van der Waals surface area contributed by atoms with Crippen molar-refractivity contribution in [2.24, 2.45) is 5.73 Å². The van der Waals surface area contributed by atoms with Gasteiger partial charge in [0.15, 0.2) is 0 Å². The van der Waals surface area contributed by atoms with Crippen LogP contribution < -0.4 is 10.6 Å². The lowest BCUT2D eigenvalue weighted by Gasteiger charge is -2.37. The fourth-order valence-electron chi connectivity index (χ4n) is 3.26. The van der Waals surface area contributed by atoms with Gasteiger partial charge in [0.2, 0.25) is 5.91 Å². The van der Waals surface area contributed by atoms with Gasteiger partial charge in [-0.15, -0.1) is 0 Å². The molecule has 0 spiro atoms. The lowest BCUT2D eigenvalue weighted by atomic mass is 9.93. The summed E-state index contributed by atoms with van der Waals surface area (Å²) in [4.78, 5) is 39.4. The highest BCUT2D eigenvalue weighted by atomic mass is 16.6. The van der Waals surface area contributed by atoms with E-state index >= 15 is 0 Å². The third-order valence-corrected chi connectivity index (χ3v) is 4.73. The highest BCUT2D eigenvalue weighted by Crippen LogP contribution is 2.27. The van der Waals surface area contributed by atoms with E-state index in [4.69, 9.17) is 15.2 Å². The Bertz CT molecular complexity index is 736. The van der Waals surface area contributed by atoms with Crippen molar-refractivity contribution in [2.75, 3.05) is 38.2 Å². The molecule has 8 heteroatoms. The molecule has 0 bridgehead atoms. The third-order valence-electron chi connectivity index (χ3n) is 4.73. The smallest absolute Gasteiger partial charge is 0.410 e. The number of benzene rings is 1. The van der Waals surface area contributed by atoms with Crippen molar-refractivity contribution >= 4 is 23.7 Å². The van der Waals surface area contributed by atoms with Crippen LogP contribution in [0.4, 0.5) is 10.5 Å². The zero-order chi connectivity index (χ0) is 21.6. The number of carbonyl (C=O) groups is 3. The first kappa shape index (κ1) is 22.5. The fourth-order valence-corrected chi connectivity index (χ4v) is 3.26. The SMILES string of the molecule is COC(=O)C(CCC(N)=O)c1cccc(N2CCN(C(=O)OC(C)(C)C)CC2)c1. The maximum Gasteiger partial charge on any atom is 0.410 e. The van der Waals surface area contributed by atoms with Crippen LogP contribution in [0.15, 0.2) is 24.3 Å². The predicted octanol–water partition coefficient (Wildman–Crippen LogP) is 2.27. The van der Waals surface area contributed by atoms with Crippen LogP contribution in [0.5, 0.6) is 0 Å². The zero-order valence-corrected chi connectivity index (χ0v) is 17.6. The molecule has 1 aliphatic heterocycles. The van der Waals surface area contributed by atoms with E-state index in [9.17, 15) is 14.4 Å². The second-order valence-corrected chi connectivity index (χ2v) is 8.13. The molecule has 0 aromatic heterocycles. The van der Waals surface area contributed by atoms with Gasteiger partial charge in [0, 0.05) is 38.3 Å². The first-order chi connectivity index (χ1) is 13.6. The number of rotatable bonds is 6. The first-order valence-corrected chi connectivity index (χ1v) is 9.79. The third kappa shape index (κ3) is 6.66. The second kappa shape index (κ2) is 9.62. The molecule has 0 aliphatic carbocycles.